The number of piperidine rings is 1. The molecule has 1 fully saturated rings. The predicted octanol–water partition coefficient (Wildman–Crippen LogP) is 3.02. The maximum atomic E-state index is 12.7. The number of nitrogens with zero attached hydrogens (tertiary/aromatic N) is 3. The van der Waals surface area contributed by atoms with E-state index in [1.807, 2.05) is 58.1 Å². The zero-order valence-corrected chi connectivity index (χ0v) is 13.3. The molecule has 1 aliphatic rings. The standard InChI is InChI=1S/C19H19N3O2/c23-19(15-13-16-3-1-2-10-22(16)14-15)21-11-6-18(7-12-21)24-17-4-8-20-9-5-17/h1-5,8-10,13-14,18H,6-7,11-12H2. The Hall–Kier alpha value is -2.82. The Morgan fingerprint density at radius 1 is 1.12 bits per heavy atom. The van der Waals surface area contributed by atoms with Crippen molar-refractivity contribution in [2.24, 2.45) is 0 Å². The van der Waals surface area contributed by atoms with Gasteiger partial charge in [-0.1, -0.05) is 6.07 Å². The molecule has 0 atom stereocenters. The molecule has 5 heteroatoms. The number of rotatable bonds is 3. The van der Waals surface area contributed by atoms with Gasteiger partial charge in [0.05, 0.1) is 5.56 Å². The van der Waals surface area contributed by atoms with E-state index in [4.69, 9.17) is 4.74 Å². The second-order valence-corrected chi connectivity index (χ2v) is 6.05. The lowest BCUT2D eigenvalue weighted by Gasteiger charge is -2.32. The Labute approximate surface area is 140 Å². The second kappa shape index (κ2) is 6.35. The molecule has 0 bridgehead atoms. The number of likely N-dealkylation sites (tertiary alicyclic amines) is 1. The number of carbonyl (C=O) groups is 1. The molecule has 4 rings (SSSR count). The lowest BCUT2D eigenvalue weighted by molar-refractivity contribution is 0.0595. The van der Waals surface area contributed by atoms with Gasteiger partial charge in [-0.3, -0.25) is 9.78 Å². The average molecular weight is 321 g/mol. The molecule has 0 unspecified atom stereocenters. The van der Waals surface area contributed by atoms with E-state index in [-0.39, 0.29) is 12.0 Å². The smallest absolute Gasteiger partial charge is 0.255 e. The van der Waals surface area contributed by atoms with E-state index >= 15 is 0 Å². The molecule has 0 aliphatic carbocycles. The summed E-state index contributed by atoms with van der Waals surface area (Å²) in [6.45, 7) is 1.45. The van der Waals surface area contributed by atoms with Crippen LogP contribution in [0, 0.1) is 0 Å². The summed E-state index contributed by atoms with van der Waals surface area (Å²) in [7, 11) is 0. The Kier molecular flexibility index (Phi) is 3.91. The highest BCUT2D eigenvalue weighted by molar-refractivity contribution is 5.95. The van der Waals surface area contributed by atoms with E-state index in [0.717, 1.165) is 42.8 Å². The third-order valence-corrected chi connectivity index (χ3v) is 4.43. The lowest BCUT2D eigenvalue weighted by Crippen LogP contribution is -2.41. The Balaban J connectivity index is 1.39. The first-order chi connectivity index (χ1) is 11.8. The van der Waals surface area contributed by atoms with Gasteiger partial charge in [-0.05, 0) is 30.3 Å². The minimum atomic E-state index is 0.0982. The molecule has 1 saturated heterocycles. The van der Waals surface area contributed by atoms with Gasteiger partial charge < -0.3 is 14.0 Å². The van der Waals surface area contributed by atoms with Crippen molar-refractivity contribution in [3.63, 3.8) is 0 Å². The van der Waals surface area contributed by atoms with Crippen molar-refractivity contribution in [3.8, 4) is 5.75 Å². The molecular weight excluding hydrogens is 302 g/mol. The molecule has 0 saturated carbocycles. The number of hydrogen-bond acceptors (Lipinski definition) is 3. The molecule has 4 heterocycles. The molecule has 5 nitrogen and oxygen atoms in total. The minimum absolute atomic E-state index is 0.0982. The van der Waals surface area contributed by atoms with Gasteiger partial charge in [-0.25, -0.2) is 0 Å². The van der Waals surface area contributed by atoms with Gasteiger partial charge in [0, 0.05) is 56.2 Å². The summed E-state index contributed by atoms with van der Waals surface area (Å²) in [5.41, 5.74) is 1.78. The van der Waals surface area contributed by atoms with E-state index in [0.29, 0.717) is 0 Å². The van der Waals surface area contributed by atoms with Crippen molar-refractivity contribution in [2.45, 2.75) is 18.9 Å². The van der Waals surface area contributed by atoms with Crippen LogP contribution in [0.2, 0.25) is 0 Å². The fourth-order valence-electron chi connectivity index (χ4n) is 3.14. The first-order valence-electron chi connectivity index (χ1n) is 8.22. The van der Waals surface area contributed by atoms with E-state index in [1.54, 1.807) is 12.4 Å². The molecule has 1 aliphatic heterocycles. The summed E-state index contributed by atoms with van der Waals surface area (Å²) in [6.07, 6.45) is 9.17. The van der Waals surface area contributed by atoms with E-state index in [1.165, 1.54) is 0 Å². The first-order valence-corrected chi connectivity index (χ1v) is 8.22. The fourth-order valence-corrected chi connectivity index (χ4v) is 3.14. The van der Waals surface area contributed by atoms with Gasteiger partial charge in [0.2, 0.25) is 0 Å². The minimum Gasteiger partial charge on any atom is -0.490 e. The molecule has 24 heavy (non-hydrogen) atoms. The number of hydrogen-bond donors (Lipinski definition) is 0. The van der Waals surface area contributed by atoms with E-state index in [9.17, 15) is 4.79 Å². The zero-order valence-electron chi connectivity index (χ0n) is 13.3. The number of amides is 1. The van der Waals surface area contributed by atoms with Gasteiger partial charge in [-0.15, -0.1) is 0 Å². The summed E-state index contributed by atoms with van der Waals surface area (Å²) in [6, 6.07) is 11.6. The summed E-state index contributed by atoms with van der Waals surface area (Å²) in [5, 5.41) is 0. The SMILES string of the molecule is O=C(c1cc2ccccn2c1)N1CCC(Oc2ccncc2)CC1. The van der Waals surface area contributed by atoms with Crippen LogP contribution in [0.25, 0.3) is 5.52 Å². The molecule has 3 aromatic heterocycles. The van der Waals surface area contributed by atoms with E-state index in [2.05, 4.69) is 4.98 Å². The summed E-state index contributed by atoms with van der Waals surface area (Å²) < 4.78 is 7.93. The maximum Gasteiger partial charge on any atom is 0.255 e. The molecule has 3 aromatic rings. The summed E-state index contributed by atoms with van der Waals surface area (Å²) in [4.78, 5) is 18.6. The topological polar surface area (TPSA) is 46.8 Å². The Morgan fingerprint density at radius 2 is 1.92 bits per heavy atom. The van der Waals surface area contributed by atoms with Crippen LogP contribution in [0.5, 0.6) is 5.75 Å². The molecular formula is C19H19N3O2. The van der Waals surface area contributed by atoms with Crippen LogP contribution in [-0.4, -0.2) is 39.4 Å². The van der Waals surface area contributed by atoms with Crippen molar-refractivity contribution in [2.75, 3.05) is 13.1 Å². The van der Waals surface area contributed by atoms with Gasteiger partial charge in [-0.2, -0.15) is 0 Å². The van der Waals surface area contributed by atoms with Gasteiger partial charge in [0.15, 0.2) is 0 Å². The van der Waals surface area contributed by atoms with Crippen LogP contribution < -0.4 is 4.74 Å². The fraction of sp³-hybridized carbons (Fsp3) is 0.263. The highest BCUT2D eigenvalue weighted by atomic mass is 16.5. The number of ether oxygens (including phenoxy) is 1. The quantitative estimate of drug-likeness (QED) is 0.745. The van der Waals surface area contributed by atoms with Crippen molar-refractivity contribution >= 4 is 11.4 Å². The Bertz CT molecular complexity index is 803. The normalized spacial score (nSPS) is 15.6. The number of fused-ring (bicyclic) bond motifs is 1. The van der Waals surface area contributed by atoms with Crippen LogP contribution in [0.3, 0.4) is 0 Å². The lowest BCUT2D eigenvalue weighted by atomic mass is 10.1. The van der Waals surface area contributed by atoms with Gasteiger partial charge >= 0.3 is 0 Å². The van der Waals surface area contributed by atoms with Crippen LogP contribution in [-0.2, 0) is 0 Å². The Morgan fingerprint density at radius 3 is 2.67 bits per heavy atom. The van der Waals surface area contributed by atoms with Gasteiger partial charge in [0.25, 0.3) is 5.91 Å². The van der Waals surface area contributed by atoms with Crippen molar-refractivity contribution in [1.29, 1.82) is 0 Å². The molecule has 122 valence electrons. The summed E-state index contributed by atoms with van der Waals surface area (Å²) in [5.74, 6) is 0.939. The average Bonchev–Trinajstić information content (AvgIpc) is 3.07. The molecule has 0 spiro atoms. The number of aromatic nitrogens is 2. The third kappa shape index (κ3) is 2.97. The third-order valence-electron chi connectivity index (χ3n) is 4.43. The van der Waals surface area contributed by atoms with Crippen LogP contribution in [0.1, 0.15) is 23.2 Å². The van der Waals surface area contributed by atoms with Crippen molar-refractivity contribution in [3.05, 3.63) is 66.7 Å². The van der Waals surface area contributed by atoms with Gasteiger partial charge in [0.1, 0.15) is 11.9 Å². The van der Waals surface area contributed by atoms with E-state index < -0.39 is 0 Å². The second-order valence-electron chi connectivity index (χ2n) is 6.05. The predicted molar refractivity (Wildman–Crippen MR) is 91.2 cm³/mol. The number of carbonyl (C=O) groups excluding carboxylic acids is 1. The van der Waals surface area contributed by atoms with Crippen LogP contribution in [0.4, 0.5) is 0 Å². The van der Waals surface area contributed by atoms with Crippen molar-refractivity contribution in [1.82, 2.24) is 14.3 Å². The zero-order chi connectivity index (χ0) is 16.4. The maximum absolute atomic E-state index is 12.7. The monoisotopic (exact) mass is 321 g/mol. The number of pyridine rings is 2. The molecule has 1 amide bonds. The molecule has 0 radical (unpaired) electrons. The highest BCUT2D eigenvalue weighted by Gasteiger charge is 2.25. The van der Waals surface area contributed by atoms with Crippen LogP contribution in [0.15, 0.2) is 61.2 Å². The van der Waals surface area contributed by atoms with Crippen molar-refractivity contribution < 1.29 is 9.53 Å². The summed E-state index contributed by atoms with van der Waals surface area (Å²) >= 11 is 0. The molecule has 0 N–H and O–H groups in total. The van der Waals surface area contributed by atoms with Crippen LogP contribution >= 0.6 is 0 Å². The largest absolute Gasteiger partial charge is 0.490 e. The highest BCUT2D eigenvalue weighted by Crippen LogP contribution is 2.20. The molecule has 0 aromatic carbocycles. The first kappa shape index (κ1) is 14.8.